The number of rotatable bonds is 6. The minimum Gasteiger partial charge on any atom is -0.0683 e. The number of hydrogen-bond donors (Lipinski definition) is 0. The van der Waals surface area contributed by atoms with Crippen LogP contribution in [-0.4, -0.2) is 0 Å². The molecule has 0 aromatic heterocycles. The van der Waals surface area contributed by atoms with Gasteiger partial charge in [0.2, 0.25) is 0 Å². The van der Waals surface area contributed by atoms with E-state index in [9.17, 15) is 0 Å². The maximum atomic E-state index is 2.36. The molecule has 0 aliphatic rings. The zero-order valence-electron chi connectivity index (χ0n) is 22.8. The lowest BCUT2D eigenvalue weighted by molar-refractivity contribution is 0.352. The van der Waals surface area contributed by atoms with E-state index in [1.807, 2.05) is 41.5 Å². The van der Waals surface area contributed by atoms with Gasteiger partial charge in [0.1, 0.15) is 0 Å². The topological polar surface area (TPSA) is 0 Å². The van der Waals surface area contributed by atoms with Gasteiger partial charge in [-0.15, -0.1) is 0 Å². The molecular formula is C26H66. The second-order valence-corrected chi connectivity index (χ2v) is 5.92. The summed E-state index contributed by atoms with van der Waals surface area (Å²) in [6.07, 6.45) is 10.6. The third-order valence-electron chi connectivity index (χ3n) is 3.07. The first-order valence-corrected chi connectivity index (χ1v) is 12.5. The molecule has 0 N–H and O–H groups in total. The Morgan fingerprint density at radius 3 is 0.846 bits per heavy atom. The lowest BCUT2D eigenvalue weighted by atomic mass is 9.90. The third kappa shape index (κ3) is 105. The van der Waals surface area contributed by atoms with Gasteiger partial charge in [-0.25, -0.2) is 0 Å². The van der Waals surface area contributed by atoms with Crippen LogP contribution in [0.4, 0.5) is 0 Å². The highest BCUT2D eigenvalue weighted by molar-refractivity contribution is 4.58. The summed E-state index contributed by atoms with van der Waals surface area (Å²) >= 11 is 0. The van der Waals surface area contributed by atoms with Crippen molar-refractivity contribution in [2.45, 2.75) is 162 Å². The minimum atomic E-state index is 0.921. The predicted molar refractivity (Wildman–Crippen MR) is 135 cm³/mol. The Morgan fingerprint density at radius 1 is 0.462 bits per heavy atom. The Labute approximate surface area is 174 Å². The van der Waals surface area contributed by atoms with Crippen LogP contribution >= 0.6 is 0 Å². The van der Waals surface area contributed by atoms with E-state index >= 15 is 0 Å². The molecule has 0 aromatic carbocycles. The Morgan fingerprint density at radius 2 is 0.731 bits per heavy atom. The second kappa shape index (κ2) is 73.5. The highest BCUT2D eigenvalue weighted by Crippen LogP contribution is 2.18. The molecular weight excluding hydrogens is 312 g/mol. The molecule has 0 aliphatic heterocycles. The number of hydrogen-bond acceptors (Lipinski definition) is 0. The Kier molecular flexibility index (Phi) is 127. The van der Waals surface area contributed by atoms with E-state index in [0.717, 1.165) is 11.8 Å². The monoisotopic (exact) mass is 379 g/mol. The van der Waals surface area contributed by atoms with Gasteiger partial charge in [0.25, 0.3) is 0 Å². The van der Waals surface area contributed by atoms with Crippen LogP contribution in [0.2, 0.25) is 0 Å². The van der Waals surface area contributed by atoms with Crippen LogP contribution in [0.25, 0.3) is 0 Å². The van der Waals surface area contributed by atoms with Crippen molar-refractivity contribution in [3.8, 4) is 0 Å². The normalized spacial score (nSPS) is 9.69. The predicted octanol–water partition coefficient (Wildman–Crippen LogP) is 11.6. The van der Waals surface area contributed by atoms with Crippen LogP contribution in [0.1, 0.15) is 162 Å². The van der Waals surface area contributed by atoms with Gasteiger partial charge in [0.05, 0.1) is 0 Å². The average molecular weight is 379 g/mol. The molecule has 170 valence electrons. The summed E-state index contributed by atoms with van der Waals surface area (Å²) in [6, 6.07) is 0. The van der Waals surface area contributed by atoms with Gasteiger partial charge in [-0.1, -0.05) is 162 Å². The zero-order chi connectivity index (χ0) is 22.8. The average Bonchev–Trinajstić information content (AvgIpc) is 2.68. The van der Waals surface area contributed by atoms with Gasteiger partial charge in [0.15, 0.2) is 0 Å². The first-order valence-electron chi connectivity index (χ1n) is 12.5. The molecule has 0 spiro atoms. The van der Waals surface area contributed by atoms with Crippen LogP contribution in [0, 0.1) is 11.8 Å². The van der Waals surface area contributed by atoms with Gasteiger partial charge < -0.3 is 0 Å². The van der Waals surface area contributed by atoms with Gasteiger partial charge in [-0.3, -0.25) is 0 Å². The van der Waals surface area contributed by atoms with Crippen molar-refractivity contribution in [3.63, 3.8) is 0 Å². The Hall–Kier alpha value is 0. The van der Waals surface area contributed by atoms with Crippen LogP contribution in [0.3, 0.4) is 0 Å². The first kappa shape index (κ1) is 45.0. The van der Waals surface area contributed by atoms with E-state index in [2.05, 4.69) is 69.2 Å². The summed E-state index contributed by atoms with van der Waals surface area (Å²) in [5.41, 5.74) is 0. The fraction of sp³-hybridized carbons (Fsp3) is 1.00. The molecule has 0 aliphatic carbocycles. The van der Waals surface area contributed by atoms with Crippen LogP contribution in [-0.2, 0) is 0 Å². The number of unbranched alkanes of at least 4 members (excludes halogenated alkanes) is 2. The molecule has 2 atom stereocenters. The van der Waals surface area contributed by atoms with E-state index in [0.29, 0.717) is 0 Å². The maximum Gasteiger partial charge on any atom is -0.0417 e. The lowest BCUT2D eigenvalue weighted by Crippen LogP contribution is -2.05. The largest absolute Gasteiger partial charge is 0.0683 e. The van der Waals surface area contributed by atoms with E-state index in [-0.39, 0.29) is 0 Å². The molecule has 0 amide bonds. The Balaban J connectivity index is -0.0000000365. The van der Waals surface area contributed by atoms with Crippen LogP contribution < -0.4 is 0 Å². The van der Waals surface area contributed by atoms with Crippen molar-refractivity contribution in [2.75, 3.05) is 0 Å². The molecule has 0 fully saturated rings. The summed E-state index contributed by atoms with van der Waals surface area (Å²) in [4.78, 5) is 0. The quantitative estimate of drug-likeness (QED) is 0.431. The van der Waals surface area contributed by atoms with Gasteiger partial charge in [0, 0.05) is 0 Å². The SMILES string of the molecule is CC.CC.CC.CCC.CCC.CCCC(C)C(C)CC.CCCCC. The van der Waals surface area contributed by atoms with Crippen LogP contribution in [0.5, 0.6) is 0 Å². The third-order valence-corrected chi connectivity index (χ3v) is 3.07. The summed E-state index contributed by atoms with van der Waals surface area (Å²) in [7, 11) is 0. The van der Waals surface area contributed by atoms with Crippen molar-refractivity contribution in [2.24, 2.45) is 11.8 Å². The molecule has 0 radical (unpaired) electrons. The molecule has 0 bridgehead atoms. The van der Waals surface area contributed by atoms with E-state index in [4.69, 9.17) is 0 Å². The molecule has 0 heteroatoms. The molecule has 0 saturated carbocycles. The maximum absolute atomic E-state index is 2.36. The van der Waals surface area contributed by atoms with E-state index in [1.54, 1.807) is 0 Å². The molecule has 0 nitrogen and oxygen atoms in total. The Bertz CT molecular complexity index is 103. The van der Waals surface area contributed by atoms with Crippen molar-refractivity contribution in [1.29, 1.82) is 0 Å². The molecule has 0 saturated heterocycles. The van der Waals surface area contributed by atoms with Gasteiger partial charge in [-0.05, 0) is 11.8 Å². The molecule has 2 unspecified atom stereocenters. The first-order chi connectivity index (χ1) is 12.5. The summed E-state index contributed by atoms with van der Waals surface area (Å²) in [5, 5.41) is 0. The summed E-state index contributed by atoms with van der Waals surface area (Å²) in [5.74, 6) is 1.85. The highest BCUT2D eigenvalue weighted by atomic mass is 14.1. The van der Waals surface area contributed by atoms with Crippen molar-refractivity contribution in [3.05, 3.63) is 0 Å². The zero-order valence-corrected chi connectivity index (χ0v) is 22.8. The molecule has 0 rings (SSSR count). The van der Waals surface area contributed by atoms with Crippen molar-refractivity contribution in [1.82, 2.24) is 0 Å². The van der Waals surface area contributed by atoms with E-state index in [1.165, 1.54) is 51.4 Å². The van der Waals surface area contributed by atoms with Gasteiger partial charge in [-0.2, -0.15) is 0 Å². The minimum absolute atomic E-state index is 0.921. The second-order valence-electron chi connectivity index (χ2n) is 5.92. The van der Waals surface area contributed by atoms with Crippen LogP contribution in [0.15, 0.2) is 0 Å². The molecule has 26 heavy (non-hydrogen) atoms. The standard InChI is InChI=1S/C9H20.C5H12.2C3H8.3C2H6/c1-5-7-9(4)8(3)6-2;1-3-5-4-2;2*1-3-2;3*1-2/h8-9H,5-7H2,1-4H3;3-5H2,1-2H3;2*3H2,1-2H3;3*1-2H3. The highest BCUT2D eigenvalue weighted by Gasteiger charge is 2.07. The van der Waals surface area contributed by atoms with E-state index < -0.39 is 0 Å². The summed E-state index contributed by atoms with van der Waals surface area (Å²) in [6.45, 7) is 34.2. The summed E-state index contributed by atoms with van der Waals surface area (Å²) < 4.78 is 0. The smallest absolute Gasteiger partial charge is 0.0417 e. The molecule has 0 heterocycles. The fourth-order valence-corrected chi connectivity index (χ4v) is 1.50. The van der Waals surface area contributed by atoms with Crippen molar-refractivity contribution >= 4 is 0 Å². The molecule has 0 aromatic rings. The van der Waals surface area contributed by atoms with Gasteiger partial charge >= 0.3 is 0 Å². The lowest BCUT2D eigenvalue weighted by Gasteiger charge is -2.16. The fourth-order valence-electron chi connectivity index (χ4n) is 1.50. The van der Waals surface area contributed by atoms with Crippen molar-refractivity contribution < 1.29 is 0 Å².